The number of aromatic nitrogens is 1. The molecule has 0 bridgehead atoms. The van der Waals surface area contributed by atoms with Crippen molar-refractivity contribution in [3.05, 3.63) is 10.0 Å². The summed E-state index contributed by atoms with van der Waals surface area (Å²) in [7, 11) is 5.37. The Hall–Kier alpha value is -0.850. The molecule has 1 aromatic heterocycles. The van der Waals surface area contributed by atoms with Crippen LogP contribution in [0.25, 0.3) is 0 Å². The zero-order valence-electron chi connectivity index (χ0n) is 11.9. The summed E-state index contributed by atoms with van der Waals surface area (Å²) in [6, 6.07) is 0.239. The largest absolute Gasteiger partial charge is 0.465 e. The molecule has 1 rings (SSSR count). The van der Waals surface area contributed by atoms with Crippen molar-refractivity contribution < 1.29 is 9.53 Å². The third-order valence-electron chi connectivity index (χ3n) is 2.63. The van der Waals surface area contributed by atoms with Crippen molar-refractivity contribution in [2.45, 2.75) is 19.9 Å². The molecular weight excluding hydrogens is 286 g/mol. The average molecular weight is 306 g/mol. The van der Waals surface area contributed by atoms with Gasteiger partial charge in [-0.1, -0.05) is 36.8 Å². The van der Waals surface area contributed by atoms with Crippen molar-refractivity contribution in [1.29, 1.82) is 0 Å². The SMILES string of the molecule is COC(=O)c1sc(NC(CN(C)C)C(C)C)nc1Cl. The van der Waals surface area contributed by atoms with Gasteiger partial charge in [-0.25, -0.2) is 9.78 Å². The molecule has 0 saturated heterocycles. The summed E-state index contributed by atoms with van der Waals surface area (Å²) in [4.78, 5) is 18.1. The second kappa shape index (κ2) is 7.07. The number of nitrogens with zero attached hydrogens (tertiary/aromatic N) is 2. The molecule has 7 heteroatoms. The topological polar surface area (TPSA) is 54.5 Å². The molecule has 0 aromatic carbocycles. The number of carbonyl (C=O) groups excluding carboxylic acids is 1. The second-order valence-electron chi connectivity index (χ2n) is 4.89. The summed E-state index contributed by atoms with van der Waals surface area (Å²) in [6.45, 7) is 5.15. The second-order valence-corrected chi connectivity index (χ2v) is 6.24. The summed E-state index contributed by atoms with van der Waals surface area (Å²) in [5.74, 6) is -0.0177. The lowest BCUT2D eigenvalue weighted by Gasteiger charge is -2.25. The number of nitrogens with one attached hydrogen (secondary N) is 1. The fourth-order valence-electron chi connectivity index (χ4n) is 1.56. The predicted molar refractivity (Wildman–Crippen MR) is 79.3 cm³/mol. The Bertz CT molecular complexity index is 435. The Labute approximate surface area is 122 Å². The van der Waals surface area contributed by atoms with E-state index < -0.39 is 5.97 Å². The van der Waals surface area contributed by atoms with E-state index >= 15 is 0 Å². The van der Waals surface area contributed by atoms with E-state index in [1.54, 1.807) is 0 Å². The number of carbonyl (C=O) groups is 1. The van der Waals surface area contributed by atoms with Gasteiger partial charge in [0.2, 0.25) is 0 Å². The molecule has 1 aromatic rings. The molecule has 0 spiro atoms. The van der Waals surface area contributed by atoms with Crippen LogP contribution in [0.1, 0.15) is 23.5 Å². The van der Waals surface area contributed by atoms with Crippen LogP contribution >= 0.6 is 22.9 Å². The molecule has 108 valence electrons. The van der Waals surface area contributed by atoms with Crippen LogP contribution in [-0.2, 0) is 4.74 Å². The normalized spacial score (nSPS) is 12.8. The number of esters is 1. The Balaban J connectivity index is 2.83. The number of anilines is 1. The van der Waals surface area contributed by atoms with E-state index in [9.17, 15) is 4.79 Å². The van der Waals surface area contributed by atoms with Crippen LogP contribution in [0.3, 0.4) is 0 Å². The molecule has 0 aliphatic rings. The van der Waals surface area contributed by atoms with Crippen molar-refractivity contribution in [1.82, 2.24) is 9.88 Å². The van der Waals surface area contributed by atoms with Crippen molar-refractivity contribution in [2.75, 3.05) is 33.1 Å². The van der Waals surface area contributed by atoms with E-state index in [4.69, 9.17) is 11.6 Å². The maximum atomic E-state index is 11.5. The quantitative estimate of drug-likeness (QED) is 0.819. The van der Waals surface area contributed by atoms with E-state index in [0.29, 0.717) is 15.9 Å². The van der Waals surface area contributed by atoms with Gasteiger partial charge >= 0.3 is 5.97 Å². The van der Waals surface area contributed by atoms with Gasteiger partial charge in [-0.15, -0.1) is 0 Å². The van der Waals surface area contributed by atoms with Crippen molar-refractivity contribution >= 4 is 34.0 Å². The van der Waals surface area contributed by atoms with Gasteiger partial charge < -0.3 is 15.0 Å². The van der Waals surface area contributed by atoms with Crippen LogP contribution in [0.15, 0.2) is 0 Å². The fourth-order valence-corrected chi connectivity index (χ4v) is 2.72. The standard InChI is InChI=1S/C12H20ClN3O2S/c1-7(2)8(6-16(3)4)14-12-15-10(13)9(19-12)11(17)18-5/h7-8H,6H2,1-5H3,(H,14,15). The monoisotopic (exact) mass is 305 g/mol. The number of methoxy groups -OCH3 is 1. The molecule has 0 radical (unpaired) electrons. The van der Waals surface area contributed by atoms with Gasteiger partial charge in [0.05, 0.1) is 7.11 Å². The van der Waals surface area contributed by atoms with Gasteiger partial charge in [0, 0.05) is 12.6 Å². The molecule has 0 aliphatic heterocycles. The van der Waals surface area contributed by atoms with Crippen LogP contribution in [0.5, 0.6) is 0 Å². The third-order valence-corrected chi connectivity index (χ3v) is 3.98. The van der Waals surface area contributed by atoms with Crippen LogP contribution in [0.2, 0.25) is 5.15 Å². The van der Waals surface area contributed by atoms with Gasteiger partial charge in [-0.05, 0) is 20.0 Å². The summed E-state index contributed by atoms with van der Waals surface area (Å²) in [5.41, 5.74) is 0. The molecule has 1 N–H and O–H groups in total. The molecule has 1 atom stereocenters. The summed E-state index contributed by atoms with van der Waals surface area (Å²) in [5, 5.41) is 4.15. The van der Waals surface area contributed by atoms with Crippen LogP contribution in [0, 0.1) is 5.92 Å². The minimum Gasteiger partial charge on any atom is -0.465 e. The highest BCUT2D eigenvalue weighted by molar-refractivity contribution is 7.18. The maximum absolute atomic E-state index is 11.5. The molecule has 1 heterocycles. The number of rotatable bonds is 6. The Morgan fingerprint density at radius 2 is 2.16 bits per heavy atom. The van der Waals surface area contributed by atoms with Gasteiger partial charge in [0.15, 0.2) is 15.2 Å². The number of ether oxygens (including phenoxy) is 1. The number of hydrogen-bond acceptors (Lipinski definition) is 6. The molecular formula is C12H20ClN3O2S. The molecule has 0 amide bonds. The van der Waals surface area contributed by atoms with Crippen LogP contribution < -0.4 is 5.32 Å². The number of halogens is 1. The molecule has 1 unspecified atom stereocenters. The molecule has 0 fully saturated rings. The van der Waals surface area contributed by atoms with E-state index in [1.165, 1.54) is 18.4 Å². The minimum absolute atomic E-state index is 0.187. The highest BCUT2D eigenvalue weighted by atomic mass is 35.5. The van der Waals surface area contributed by atoms with Gasteiger partial charge in [0.1, 0.15) is 0 Å². The van der Waals surface area contributed by atoms with Gasteiger partial charge in [-0.3, -0.25) is 0 Å². The minimum atomic E-state index is -0.454. The predicted octanol–water partition coefficient (Wildman–Crippen LogP) is 2.58. The van der Waals surface area contributed by atoms with Gasteiger partial charge in [0.25, 0.3) is 0 Å². The summed E-state index contributed by atoms with van der Waals surface area (Å²) >= 11 is 7.15. The number of likely N-dealkylation sites (N-methyl/N-ethyl adjacent to an activating group) is 1. The number of thiazole rings is 1. The zero-order valence-corrected chi connectivity index (χ0v) is 13.4. The first-order valence-corrected chi connectivity index (χ1v) is 7.20. The smallest absolute Gasteiger partial charge is 0.351 e. The van der Waals surface area contributed by atoms with E-state index in [0.717, 1.165) is 6.54 Å². The first kappa shape index (κ1) is 16.2. The molecule has 0 aliphatic carbocycles. The van der Waals surface area contributed by atoms with E-state index in [1.807, 2.05) is 14.1 Å². The lowest BCUT2D eigenvalue weighted by molar-refractivity contribution is 0.0606. The van der Waals surface area contributed by atoms with Crippen molar-refractivity contribution in [2.24, 2.45) is 5.92 Å². The molecule has 0 saturated carbocycles. The van der Waals surface area contributed by atoms with Crippen LogP contribution in [-0.4, -0.2) is 49.6 Å². The molecule has 19 heavy (non-hydrogen) atoms. The van der Waals surface area contributed by atoms with Crippen LogP contribution in [0.4, 0.5) is 5.13 Å². The third kappa shape index (κ3) is 4.63. The van der Waals surface area contributed by atoms with E-state index in [2.05, 4.69) is 33.8 Å². The fraction of sp³-hybridized carbons (Fsp3) is 0.667. The Morgan fingerprint density at radius 1 is 1.53 bits per heavy atom. The Morgan fingerprint density at radius 3 is 2.63 bits per heavy atom. The first-order valence-electron chi connectivity index (χ1n) is 6.01. The first-order chi connectivity index (χ1) is 8.85. The average Bonchev–Trinajstić information content (AvgIpc) is 2.67. The maximum Gasteiger partial charge on any atom is 0.351 e. The summed E-state index contributed by atoms with van der Waals surface area (Å²) < 4.78 is 4.66. The van der Waals surface area contributed by atoms with Gasteiger partial charge in [-0.2, -0.15) is 0 Å². The van der Waals surface area contributed by atoms with Crippen molar-refractivity contribution in [3.63, 3.8) is 0 Å². The number of hydrogen-bond donors (Lipinski definition) is 1. The Kier molecular flexibility index (Phi) is 6.03. The molecule has 5 nitrogen and oxygen atoms in total. The lowest BCUT2D eigenvalue weighted by atomic mass is 10.0. The highest BCUT2D eigenvalue weighted by Gasteiger charge is 2.20. The zero-order chi connectivity index (χ0) is 14.6. The highest BCUT2D eigenvalue weighted by Crippen LogP contribution is 2.28. The summed E-state index contributed by atoms with van der Waals surface area (Å²) in [6.07, 6.45) is 0. The lowest BCUT2D eigenvalue weighted by Crippen LogP contribution is -2.36. The van der Waals surface area contributed by atoms with E-state index in [-0.39, 0.29) is 11.2 Å². The van der Waals surface area contributed by atoms with Crippen molar-refractivity contribution in [3.8, 4) is 0 Å².